The molecule has 4 heteroatoms. The van der Waals surface area contributed by atoms with Crippen molar-refractivity contribution in [2.45, 2.75) is 25.9 Å². The van der Waals surface area contributed by atoms with Gasteiger partial charge in [-0.05, 0) is 54.6 Å². The fourth-order valence-corrected chi connectivity index (χ4v) is 2.86. The molecule has 1 fully saturated rings. The van der Waals surface area contributed by atoms with Gasteiger partial charge in [-0.3, -0.25) is 0 Å². The first kappa shape index (κ1) is 12.1. The van der Waals surface area contributed by atoms with Crippen molar-refractivity contribution in [2.75, 3.05) is 18.0 Å². The van der Waals surface area contributed by atoms with Gasteiger partial charge < -0.3 is 10.2 Å². The Bertz CT molecular complexity index is 383. The third kappa shape index (κ3) is 2.48. The normalized spacial score (nSPS) is 25.9. The average molecular weight is 334 g/mol. The Balaban J connectivity index is 2.28. The van der Waals surface area contributed by atoms with Crippen molar-refractivity contribution in [3.8, 4) is 0 Å². The van der Waals surface area contributed by atoms with Gasteiger partial charge in [0.25, 0.3) is 0 Å². The first-order valence-electron chi connectivity index (χ1n) is 5.53. The first-order chi connectivity index (χ1) is 7.58. The van der Waals surface area contributed by atoms with Gasteiger partial charge in [0.1, 0.15) is 5.82 Å². The zero-order chi connectivity index (χ0) is 11.7. The molecule has 0 saturated carbocycles. The van der Waals surface area contributed by atoms with Crippen LogP contribution < -0.4 is 10.2 Å². The lowest BCUT2D eigenvalue weighted by Crippen LogP contribution is -2.54. The molecule has 2 unspecified atom stereocenters. The number of hydrogen-bond acceptors (Lipinski definition) is 2. The molecular weight excluding hydrogens is 318 g/mol. The number of piperazine rings is 1. The minimum atomic E-state index is -0.163. The van der Waals surface area contributed by atoms with E-state index < -0.39 is 0 Å². The highest BCUT2D eigenvalue weighted by Crippen LogP contribution is 2.26. The van der Waals surface area contributed by atoms with Crippen LogP contribution in [0.25, 0.3) is 0 Å². The SMILES string of the molecule is CC1CN(c2ccc(F)cc2I)C(C)CN1. The summed E-state index contributed by atoms with van der Waals surface area (Å²) in [6, 6.07) is 5.95. The van der Waals surface area contributed by atoms with Crippen LogP contribution in [0, 0.1) is 9.39 Å². The van der Waals surface area contributed by atoms with Crippen LogP contribution in [0.3, 0.4) is 0 Å². The summed E-state index contributed by atoms with van der Waals surface area (Å²) in [5.41, 5.74) is 1.14. The molecule has 0 aliphatic carbocycles. The number of rotatable bonds is 1. The Hall–Kier alpha value is -0.360. The van der Waals surface area contributed by atoms with Crippen LogP contribution in [0.1, 0.15) is 13.8 Å². The van der Waals surface area contributed by atoms with Gasteiger partial charge in [0, 0.05) is 28.7 Å². The van der Waals surface area contributed by atoms with Crippen LogP contribution in [0.2, 0.25) is 0 Å². The van der Waals surface area contributed by atoms with Crippen LogP contribution in [0.5, 0.6) is 0 Å². The molecule has 0 aromatic heterocycles. The second-order valence-corrected chi connectivity index (χ2v) is 5.57. The van der Waals surface area contributed by atoms with Gasteiger partial charge >= 0.3 is 0 Å². The summed E-state index contributed by atoms with van der Waals surface area (Å²) in [4.78, 5) is 2.35. The van der Waals surface area contributed by atoms with E-state index in [4.69, 9.17) is 0 Å². The minimum absolute atomic E-state index is 0.163. The Kier molecular flexibility index (Phi) is 3.69. The molecule has 2 nitrogen and oxygen atoms in total. The van der Waals surface area contributed by atoms with E-state index in [9.17, 15) is 4.39 Å². The zero-order valence-corrected chi connectivity index (χ0v) is 11.7. The second-order valence-electron chi connectivity index (χ2n) is 4.41. The topological polar surface area (TPSA) is 15.3 Å². The van der Waals surface area contributed by atoms with Gasteiger partial charge in [-0.25, -0.2) is 4.39 Å². The van der Waals surface area contributed by atoms with Gasteiger partial charge in [0.2, 0.25) is 0 Å². The molecule has 1 heterocycles. The van der Waals surface area contributed by atoms with Gasteiger partial charge in [-0.15, -0.1) is 0 Å². The van der Waals surface area contributed by atoms with E-state index in [2.05, 4.69) is 46.7 Å². The summed E-state index contributed by atoms with van der Waals surface area (Å²) >= 11 is 2.20. The summed E-state index contributed by atoms with van der Waals surface area (Å²) in [6.45, 7) is 6.32. The van der Waals surface area contributed by atoms with E-state index in [1.807, 2.05) is 6.07 Å². The molecule has 0 bridgehead atoms. The number of anilines is 1. The highest BCUT2D eigenvalue weighted by Gasteiger charge is 2.23. The number of hydrogen-bond donors (Lipinski definition) is 1. The number of nitrogens with zero attached hydrogens (tertiary/aromatic N) is 1. The van der Waals surface area contributed by atoms with Gasteiger partial charge in [-0.1, -0.05) is 0 Å². The van der Waals surface area contributed by atoms with Crippen molar-refractivity contribution in [3.05, 3.63) is 27.6 Å². The van der Waals surface area contributed by atoms with Gasteiger partial charge in [-0.2, -0.15) is 0 Å². The van der Waals surface area contributed by atoms with Crippen LogP contribution >= 0.6 is 22.6 Å². The van der Waals surface area contributed by atoms with Crippen LogP contribution in [0.4, 0.5) is 10.1 Å². The predicted molar refractivity (Wildman–Crippen MR) is 73.4 cm³/mol. The van der Waals surface area contributed by atoms with Crippen molar-refractivity contribution < 1.29 is 4.39 Å². The van der Waals surface area contributed by atoms with Crippen molar-refractivity contribution in [3.63, 3.8) is 0 Å². The van der Waals surface area contributed by atoms with Crippen LogP contribution in [-0.2, 0) is 0 Å². The van der Waals surface area contributed by atoms with E-state index in [1.54, 1.807) is 6.07 Å². The van der Waals surface area contributed by atoms with Gasteiger partial charge in [0.05, 0.1) is 5.69 Å². The van der Waals surface area contributed by atoms with E-state index in [0.29, 0.717) is 12.1 Å². The molecule has 1 N–H and O–H groups in total. The Labute approximate surface area is 109 Å². The number of benzene rings is 1. The quantitative estimate of drug-likeness (QED) is 0.795. The molecule has 1 aliphatic rings. The third-order valence-corrected chi connectivity index (χ3v) is 3.85. The molecule has 1 aliphatic heterocycles. The van der Waals surface area contributed by atoms with E-state index in [-0.39, 0.29) is 5.82 Å². The maximum Gasteiger partial charge on any atom is 0.124 e. The summed E-state index contributed by atoms with van der Waals surface area (Å²) in [6.07, 6.45) is 0. The van der Waals surface area contributed by atoms with Crippen molar-refractivity contribution in [2.24, 2.45) is 0 Å². The molecule has 1 aromatic carbocycles. The van der Waals surface area contributed by atoms with Crippen LogP contribution in [-0.4, -0.2) is 25.2 Å². The van der Waals surface area contributed by atoms with E-state index in [1.165, 1.54) is 6.07 Å². The molecule has 0 radical (unpaired) electrons. The summed E-state index contributed by atoms with van der Waals surface area (Å²) < 4.78 is 14.0. The zero-order valence-electron chi connectivity index (χ0n) is 9.50. The lowest BCUT2D eigenvalue weighted by molar-refractivity contribution is 0.424. The Morgan fingerprint density at radius 3 is 2.88 bits per heavy atom. The molecule has 0 spiro atoms. The largest absolute Gasteiger partial charge is 0.365 e. The molecule has 16 heavy (non-hydrogen) atoms. The molecule has 2 rings (SSSR count). The fourth-order valence-electron chi connectivity index (χ4n) is 2.07. The number of nitrogens with one attached hydrogen (secondary N) is 1. The summed E-state index contributed by atoms with van der Waals surface area (Å²) in [5, 5.41) is 3.44. The number of halogens is 2. The lowest BCUT2D eigenvalue weighted by atomic mass is 10.1. The van der Waals surface area contributed by atoms with Crippen molar-refractivity contribution in [1.82, 2.24) is 5.32 Å². The predicted octanol–water partition coefficient (Wildman–Crippen LogP) is 2.62. The first-order valence-corrected chi connectivity index (χ1v) is 6.61. The summed E-state index contributed by atoms with van der Waals surface area (Å²) in [7, 11) is 0. The molecule has 0 amide bonds. The van der Waals surface area contributed by atoms with Crippen molar-refractivity contribution >= 4 is 28.3 Å². The lowest BCUT2D eigenvalue weighted by Gasteiger charge is -2.39. The highest BCUT2D eigenvalue weighted by molar-refractivity contribution is 14.1. The molecule has 2 atom stereocenters. The van der Waals surface area contributed by atoms with E-state index in [0.717, 1.165) is 22.3 Å². The minimum Gasteiger partial charge on any atom is -0.365 e. The monoisotopic (exact) mass is 334 g/mol. The van der Waals surface area contributed by atoms with Crippen molar-refractivity contribution in [1.29, 1.82) is 0 Å². The highest BCUT2D eigenvalue weighted by atomic mass is 127. The molecule has 88 valence electrons. The van der Waals surface area contributed by atoms with Gasteiger partial charge in [0.15, 0.2) is 0 Å². The molecule has 1 aromatic rings. The standard InChI is InChI=1S/C12H16FIN2/c1-8-7-16(9(2)6-15-8)12-4-3-10(13)5-11(12)14/h3-5,8-9,15H,6-7H2,1-2H3. The second kappa shape index (κ2) is 4.87. The smallest absolute Gasteiger partial charge is 0.124 e. The Morgan fingerprint density at radius 1 is 1.44 bits per heavy atom. The summed E-state index contributed by atoms with van der Waals surface area (Å²) in [5.74, 6) is -0.163. The van der Waals surface area contributed by atoms with Crippen LogP contribution in [0.15, 0.2) is 18.2 Å². The third-order valence-electron chi connectivity index (χ3n) is 2.98. The Morgan fingerprint density at radius 2 is 2.19 bits per heavy atom. The fraction of sp³-hybridized carbons (Fsp3) is 0.500. The maximum atomic E-state index is 13.1. The molecule has 1 saturated heterocycles. The average Bonchev–Trinajstić information content (AvgIpc) is 2.22. The molecular formula is C12H16FIN2. The van der Waals surface area contributed by atoms with E-state index >= 15 is 0 Å². The maximum absolute atomic E-state index is 13.1.